The predicted octanol–water partition coefficient (Wildman–Crippen LogP) is 3.09. The van der Waals surface area contributed by atoms with Crippen LogP contribution in [0.25, 0.3) is 0 Å². The van der Waals surface area contributed by atoms with E-state index in [0.717, 1.165) is 36.2 Å². The van der Waals surface area contributed by atoms with Gasteiger partial charge in [-0.15, -0.1) is 0 Å². The molecule has 0 saturated heterocycles. The first-order valence-corrected chi connectivity index (χ1v) is 8.28. The van der Waals surface area contributed by atoms with E-state index in [1.165, 1.54) is 12.1 Å². The van der Waals surface area contributed by atoms with Gasteiger partial charge in [0.25, 0.3) is 11.4 Å². The van der Waals surface area contributed by atoms with Crippen molar-refractivity contribution in [2.75, 3.05) is 0 Å². The number of non-ortho nitro benzene ring substituents is 1. The highest BCUT2D eigenvalue weighted by atomic mass is 16.6. The molecule has 0 aromatic heterocycles. The molecular weight excluding hydrogens is 312 g/mol. The summed E-state index contributed by atoms with van der Waals surface area (Å²) in [5, 5.41) is 22.0. The van der Waals surface area contributed by atoms with Gasteiger partial charge in [0.1, 0.15) is 0 Å². The first-order chi connectivity index (χ1) is 11.6. The summed E-state index contributed by atoms with van der Waals surface area (Å²) in [6.45, 7) is 0.140. The van der Waals surface area contributed by atoms with Gasteiger partial charge in [-0.25, -0.2) is 0 Å². The Morgan fingerprint density at radius 2 is 1.83 bits per heavy atom. The molecule has 3 saturated carbocycles. The minimum absolute atomic E-state index is 0.140. The van der Waals surface area contributed by atoms with Crippen molar-refractivity contribution in [2.45, 2.75) is 19.1 Å². The van der Waals surface area contributed by atoms with Crippen LogP contribution in [0.15, 0.2) is 30.4 Å². The van der Waals surface area contributed by atoms with Gasteiger partial charge < -0.3 is 4.74 Å². The van der Waals surface area contributed by atoms with E-state index < -0.39 is 9.85 Å². The highest BCUT2D eigenvalue weighted by Gasteiger charge is 2.72. The molecule has 0 N–H and O–H groups in total. The zero-order valence-electron chi connectivity index (χ0n) is 12.8. The Morgan fingerprint density at radius 3 is 2.58 bits per heavy atom. The number of nitrogens with zero attached hydrogens (tertiary/aromatic N) is 2. The normalized spacial score (nSPS) is 39.9. The summed E-state index contributed by atoms with van der Waals surface area (Å²) < 4.78 is 6.06. The van der Waals surface area contributed by atoms with Crippen molar-refractivity contribution in [1.29, 1.82) is 0 Å². The predicted molar refractivity (Wildman–Crippen MR) is 83.0 cm³/mol. The van der Waals surface area contributed by atoms with E-state index in [4.69, 9.17) is 4.74 Å². The number of benzene rings is 1. The van der Waals surface area contributed by atoms with Crippen LogP contribution < -0.4 is 0 Å². The van der Waals surface area contributed by atoms with Gasteiger partial charge in [0, 0.05) is 6.07 Å². The molecule has 124 valence electrons. The molecule has 0 aliphatic heterocycles. The van der Waals surface area contributed by atoms with Crippen molar-refractivity contribution in [2.24, 2.45) is 35.5 Å². The van der Waals surface area contributed by atoms with Gasteiger partial charge in [-0.05, 0) is 48.0 Å². The molecule has 0 unspecified atom stereocenters. The SMILES string of the molecule is O=[N+]([O-])c1ccc(CO[C@@H]2C[C@@H]3[C@@H]4C=C[C@H]5[C@H]4[C@H]3[C@@H]52)c([N+](=O)[O-])c1. The van der Waals surface area contributed by atoms with Gasteiger partial charge >= 0.3 is 0 Å². The summed E-state index contributed by atoms with van der Waals surface area (Å²) in [6.07, 6.45) is 5.90. The summed E-state index contributed by atoms with van der Waals surface area (Å²) in [5.74, 6) is 4.28. The molecular formula is C17H16N2O5. The molecule has 0 amide bonds. The van der Waals surface area contributed by atoms with Gasteiger partial charge in [-0.1, -0.05) is 12.2 Å². The average molecular weight is 328 g/mol. The lowest BCUT2D eigenvalue weighted by Crippen LogP contribution is -2.57. The van der Waals surface area contributed by atoms with E-state index in [2.05, 4.69) is 12.2 Å². The molecule has 0 radical (unpaired) electrons. The Hall–Kier alpha value is -2.28. The molecule has 7 nitrogen and oxygen atoms in total. The van der Waals surface area contributed by atoms with Crippen LogP contribution in [0.3, 0.4) is 0 Å². The van der Waals surface area contributed by atoms with Crippen molar-refractivity contribution < 1.29 is 14.6 Å². The number of hydrogen-bond acceptors (Lipinski definition) is 5. The van der Waals surface area contributed by atoms with Gasteiger partial charge in [0.15, 0.2) is 0 Å². The fraction of sp³-hybridized carbons (Fsp3) is 0.529. The van der Waals surface area contributed by atoms with E-state index in [-0.39, 0.29) is 24.1 Å². The third-order valence-electron chi connectivity index (χ3n) is 6.63. The second-order valence-corrected chi connectivity index (χ2v) is 7.35. The van der Waals surface area contributed by atoms with Crippen LogP contribution in [0.5, 0.6) is 0 Å². The molecule has 24 heavy (non-hydrogen) atoms. The molecule has 3 fully saturated rings. The van der Waals surface area contributed by atoms with Crippen LogP contribution >= 0.6 is 0 Å². The number of nitro groups is 2. The molecule has 0 spiro atoms. The van der Waals surface area contributed by atoms with Gasteiger partial charge in [0.2, 0.25) is 0 Å². The fourth-order valence-corrected chi connectivity index (χ4v) is 5.71. The van der Waals surface area contributed by atoms with Crippen LogP contribution in [0.1, 0.15) is 12.0 Å². The summed E-state index contributed by atoms with van der Waals surface area (Å²) >= 11 is 0. The second kappa shape index (κ2) is 4.63. The Labute approximate surface area is 137 Å². The van der Waals surface area contributed by atoms with Crippen LogP contribution in [0.4, 0.5) is 11.4 Å². The largest absolute Gasteiger partial charge is 0.373 e. The highest BCUT2D eigenvalue weighted by Crippen LogP contribution is 2.75. The van der Waals surface area contributed by atoms with Gasteiger partial charge in [0.05, 0.1) is 34.2 Å². The van der Waals surface area contributed by atoms with Crippen LogP contribution in [0, 0.1) is 55.7 Å². The minimum atomic E-state index is -0.621. The standard InChI is InChI=1S/C17H16N2O5/c20-18(21)9-2-1-8(13(5-9)19(22)23)7-24-14-6-12-10-3-4-11-15(10)17(12)16(11)14/h1-5,10-12,14-17H,6-7H2/t10-,11-,12+,14+,15-,16-,17-/m0/s1. The number of fused-ring (bicyclic) bond motifs is 2. The number of rotatable bonds is 5. The Balaban J connectivity index is 1.33. The lowest BCUT2D eigenvalue weighted by Gasteiger charge is -2.60. The maximum atomic E-state index is 11.2. The van der Waals surface area contributed by atoms with Crippen molar-refractivity contribution in [3.8, 4) is 0 Å². The summed E-state index contributed by atoms with van der Waals surface area (Å²) in [7, 11) is 0. The van der Waals surface area contributed by atoms with Crippen molar-refractivity contribution in [3.05, 3.63) is 56.1 Å². The fourth-order valence-electron chi connectivity index (χ4n) is 5.71. The topological polar surface area (TPSA) is 95.5 Å². The quantitative estimate of drug-likeness (QED) is 0.470. The Morgan fingerprint density at radius 1 is 1.04 bits per heavy atom. The number of ether oxygens (including phenoxy) is 1. The number of hydrogen-bond donors (Lipinski definition) is 0. The molecule has 0 heterocycles. The molecule has 4 aliphatic rings. The third-order valence-corrected chi connectivity index (χ3v) is 6.63. The Bertz CT molecular complexity index is 791. The average Bonchev–Trinajstić information content (AvgIpc) is 2.81. The molecule has 1 aromatic rings. The van der Waals surface area contributed by atoms with Crippen LogP contribution in [0.2, 0.25) is 0 Å². The highest BCUT2D eigenvalue weighted by molar-refractivity contribution is 5.48. The molecule has 1 aromatic carbocycles. The molecule has 7 atom stereocenters. The zero-order chi connectivity index (χ0) is 16.6. The molecule has 0 bridgehead atoms. The van der Waals surface area contributed by atoms with E-state index in [9.17, 15) is 20.2 Å². The maximum absolute atomic E-state index is 11.2. The minimum Gasteiger partial charge on any atom is -0.373 e. The molecule has 4 aliphatic carbocycles. The van der Waals surface area contributed by atoms with Crippen molar-refractivity contribution in [3.63, 3.8) is 0 Å². The monoisotopic (exact) mass is 328 g/mol. The van der Waals surface area contributed by atoms with E-state index >= 15 is 0 Å². The number of nitro benzene ring substituents is 2. The molecule has 7 heteroatoms. The summed E-state index contributed by atoms with van der Waals surface area (Å²) in [4.78, 5) is 20.8. The lowest BCUT2D eigenvalue weighted by molar-refractivity contribution is -0.394. The van der Waals surface area contributed by atoms with E-state index in [1.54, 1.807) is 0 Å². The van der Waals surface area contributed by atoms with Crippen LogP contribution in [-0.4, -0.2) is 16.0 Å². The van der Waals surface area contributed by atoms with E-state index in [0.29, 0.717) is 17.4 Å². The maximum Gasteiger partial charge on any atom is 0.281 e. The second-order valence-electron chi connectivity index (χ2n) is 7.35. The van der Waals surface area contributed by atoms with E-state index in [1.807, 2.05) is 0 Å². The van der Waals surface area contributed by atoms with Gasteiger partial charge in [-0.2, -0.15) is 0 Å². The zero-order valence-corrected chi connectivity index (χ0v) is 12.8. The summed E-state index contributed by atoms with van der Waals surface area (Å²) in [5.41, 5.74) is -0.104. The Kier molecular flexibility index (Phi) is 2.72. The first-order valence-electron chi connectivity index (χ1n) is 8.28. The smallest absolute Gasteiger partial charge is 0.281 e. The molecule has 5 rings (SSSR count). The van der Waals surface area contributed by atoms with Crippen LogP contribution in [-0.2, 0) is 11.3 Å². The lowest BCUT2D eigenvalue weighted by atomic mass is 9.44. The third kappa shape index (κ3) is 1.65. The van der Waals surface area contributed by atoms with Crippen molar-refractivity contribution in [1.82, 2.24) is 0 Å². The van der Waals surface area contributed by atoms with Crippen molar-refractivity contribution >= 4 is 11.4 Å². The number of allylic oxidation sites excluding steroid dienone is 2. The first kappa shape index (κ1) is 14.1. The summed E-state index contributed by atoms with van der Waals surface area (Å²) in [6, 6.07) is 3.75. The van der Waals surface area contributed by atoms with Gasteiger partial charge in [-0.3, -0.25) is 20.2 Å².